The number of likely N-dealkylation sites (tertiary alicyclic amines) is 1. The molecule has 7 nitrogen and oxygen atoms in total. The smallest absolute Gasteiger partial charge is 0.287 e. The van der Waals surface area contributed by atoms with Gasteiger partial charge in [0.15, 0.2) is 5.76 Å². The van der Waals surface area contributed by atoms with E-state index in [2.05, 4.69) is 22.3 Å². The van der Waals surface area contributed by atoms with Crippen LogP contribution in [0.1, 0.15) is 29.0 Å². The highest BCUT2D eigenvalue weighted by Gasteiger charge is 2.25. The van der Waals surface area contributed by atoms with Crippen LogP contribution in [0.3, 0.4) is 0 Å². The number of benzene rings is 1. The van der Waals surface area contributed by atoms with Gasteiger partial charge in [-0.3, -0.25) is 9.69 Å². The van der Waals surface area contributed by atoms with Crippen LogP contribution in [-0.2, 0) is 16.6 Å². The van der Waals surface area contributed by atoms with E-state index in [4.69, 9.17) is 9.56 Å². The number of nitrogens with two attached hydrogens (primary N) is 1. The second kappa shape index (κ2) is 7.38. The Hall–Kier alpha value is -2.16. The molecule has 2 aromatic rings. The second-order valence-electron chi connectivity index (χ2n) is 6.13. The third kappa shape index (κ3) is 4.47. The van der Waals surface area contributed by atoms with Crippen LogP contribution in [0.4, 0.5) is 0 Å². The average molecular weight is 363 g/mol. The summed E-state index contributed by atoms with van der Waals surface area (Å²) in [6.45, 7) is 2.32. The van der Waals surface area contributed by atoms with E-state index in [1.54, 1.807) is 0 Å². The average Bonchev–Trinajstić information content (AvgIpc) is 3.23. The Labute approximate surface area is 146 Å². The lowest BCUT2D eigenvalue weighted by molar-refractivity contribution is 0.0907. The molecule has 0 unspecified atom stereocenters. The summed E-state index contributed by atoms with van der Waals surface area (Å²) in [5.41, 5.74) is 1.24. The molecule has 1 aliphatic rings. The van der Waals surface area contributed by atoms with Crippen LogP contribution in [0.25, 0.3) is 0 Å². The zero-order valence-corrected chi connectivity index (χ0v) is 14.5. The fourth-order valence-electron chi connectivity index (χ4n) is 3.05. The highest BCUT2D eigenvalue weighted by Crippen LogP contribution is 2.20. The van der Waals surface area contributed by atoms with Gasteiger partial charge in [-0.05, 0) is 37.1 Å². The van der Waals surface area contributed by atoms with Crippen LogP contribution < -0.4 is 10.5 Å². The number of primary sulfonamides is 1. The standard InChI is InChI=1S/C17H21N3O4S/c18-25(22,23)16-9-8-15(24-16)17(21)19-11-14-7-4-10-20(14)12-13-5-2-1-3-6-13/h1-3,5-6,8-9,14H,4,7,10-12H2,(H,19,21)(H2,18,22,23)/t14-/m0/s1. The number of hydrogen-bond donors (Lipinski definition) is 2. The molecular formula is C17H21N3O4S. The molecule has 2 heterocycles. The van der Waals surface area contributed by atoms with Crippen LogP contribution in [0.2, 0.25) is 0 Å². The topological polar surface area (TPSA) is 106 Å². The molecule has 134 valence electrons. The molecule has 1 fully saturated rings. The minimum Gasteiger partial charge on any atom is -0.438 e. The van der Waals surface area contributed by atoms with Crippen LogP contribution in [-0.4, -0.2) is 38.4 Å². The molecule has 1 aromatic heterocycles. The Balaban J connectivity index is 1.57. The molecule has 1 aromatic carbocycles. The minimum absolute atomic E-state index is 0.0587. The summed E-state index contributed by atoms with van der Waals surface area (Å²) in [6, 6.07) is 12.9. The number of furan rings is 1. The molecule has 0 saturated carbocycles. The zero-order chi connectivity index (χ0) is 17.9. The van der Waals surface area contributed by atoms with E-state index in [0.717, 1.165) is 25.9 Å². The van der Waals surface area contributed by atoms with Gasteiger partial charge in [-0.15, -0.1) is 0 Å². The van der Waals surface area contributed by atoms with E-state index >= 15 is 0 Å². The molecule has 1 atom stereocenters. The summed E-state index contributed by atoms with van der Waals surface area (Å²) in [4.78, 5) is 14.5. The van der Waals surface area contributed by atoms with Crippen molar-refractivity contribution < 1.29 is 17.6 Å². The molecule has 1 aliphatic heterocycles. The van der Waals surface area contributed by atoms with Crippen LogP contribution in [0.15, 0.2) is 52.0 Å². The molecule has 0 bridgehead atoms. The van der Waals surface area contributed by atoms with E-state index in [1.165, 1.54) is 17.7 Å². The van der Waals surface area contributed by atoms with Crippen molar-refractivity contribution in [3.63, 3.8) is 0 Å². The first-order valence-electron chi connectivity index (χ1n) is 8.12. The number of hydrogen-bond acceptors (Lipinski definition) is 5. The SMILES string of the molecule is NS(=O)(=O)c1ccc(C(=O)NC[C@@H]2CCCN2Cc2ccccc2)o1. The van der Waals surface area contributed by atoms with Gasteiger partial charge in [0.2, 0.25) is 5.09 Å². The van der Waals surface area contributed by atoms with E-state index in [-0.39, 0.29) is 11.8 Å². The first-order valence-corrected chi connectivity index (χ1v) is 9.67. The quantitative estimate of drug-likeness (QED) is 0.805. The first kappa shape index (κ1) is 17.7. The van der Waals surface area contributed by atoms with Gasteiger partial charge in [0.25, 0.3) is 15.9 Å². The molecular weight excluding hydrogens is 342 g/mol. The number of sulfonamides is 1. The van der Waals surface area contributed by atoms with Gasteiger partial charge in [-0.25, -0.2) is 13.6 Å². The third-order valence-corrected chi connectivity index (χ3v) is 5.09. The van der Waals surface area contributed by atoms with Crippen molar-refractivity contribution in [2.75, 3.05) is 13.1 Å². The van der Waals surface area contributed by atoms with Crippen LogP contribution in [0.5, 0.6) is 0 Å². The van der Waals surface area contributed by atoms with Crippen molar-refractivity contribution in [3.05, 3.63) is 53.8 Å². The van der Waals surface area contributed by atoms with Gasteiger partial charge < -0.3 is 9.73 Å². The number of nitrogens with zero attached hydrogens (tertiary/aromatic N) is 1. The van der Waals surface area contributed by atoms with Crippen molar-refractivity contribution in [3.8, 4) is 0 Å². The first-order chi connectivity index (χ1) is 11.9. The zero-order valence-electron chi connectivity index (χ0n) is 13.7. The van der Waals surface area contributed by atoms with Crippen molar-refractivity contribution in [1.29, 1.82) is 0 Å². The van der Waals surface area contributed by atoms with Crippen molar-refractivity contribution in [1.82, 2.24) is 10.2 Å². The Kier molecular flexibility index (Phi) is 5.22. The van der Waals surface area contributed by atoms with Gasteiger partial charge in [-0.1, -0.05) is 30.3 Å². The Bertz CT molecular complexity index is 833. The number of carbonyl (C=O) groups excluding carboxylic acids is 1. The predicted molar refractivity (Wildman–Crippen MR) is 92.3 cm³/mol. The van der Waals surface area contributed by atoms with Crippen LogP contribution >= 0.6 is 0 Å². The van der Waals surface area contributed by atoms with Crippen molar-refractivity contribution in [2.24, 2.45) is 5.14 Å². The van der Waals surface area contributed by atoms with E-state index in [1.807, 2.05) is 18.2 Å². The van der Waals surface area contributed by atoms with Crippen molar-refractivity contribution in [2.45, 2.75) is 30.5 Å². The molecule has 1 amide bonds. The summed E-state index contributed by atoms with van der Waals surface area (Å²) in [5, 5.41) is 7.37. The van der Waals surface area contributed by atoms with Gasteiger partial charge >= 0.3 is 0 Å². The Morgan fingerprint density at radius 2 is 2.00 bits per heavy atom. The van der Waals surface area contributed by atoms with Crippen LogP contribution in [0, 0.1) is 0 Å². The second-order valence-corrected chi connectivity index (χ2v) is 7.62. The molecule has 0 radical (unpaired) electrons. The summed E-state index contributed by atoms with van der Waals surface area (Å²) >= 11 is 0. The van der Waals surface area contributed by atoms with Gasteiger partial charge in [0, 0.05) is 19.1 Å². The molecule has 3 rings (SSSR count). The highest BCUT2D eigenvalue weighted by molar-refractivity contribution is 7.89. The highest BCUT2D eigenvalue weighted by atomic mass is 32.2. The van der Waals surface area contributed by atoms with Gasteiger partial charge in [0.05, 0.1) is 0 Å². The summed E-state index contributed by atoms with van der Waals surface area (Å²) in [7, 11) is -3.94. The molecule has 3 N–H and O–H groups in total. The Morgan fingerprint density at radius 1 is 1.24 bits per heavy atom. The maximum absolute atomic E-state index is 12.1. The summed E-state index contributed by atoms with van der Waals surface area (Å²) in [6.07, 6.45) is 2.09. The van der Waals surface area contributed by atoms with Gasteiger partial charge in [-0.2, -0.15) is 0 Å². The Morgan fingerprint density at radius 3 is 2.68 bits per heavy atom. The predicted octanol–water partition coefficient (Wildman–Crippen LogP) is 1.32. The molecule has 1 saturated heterocycles. The van der Waals surface area contributed by atoms with Gasteiger partial charge in [0.1, 0.15) is 0 Å². The maximum Gasteiger partial charge on any atom is 0.287 e. The van der Waals surface area contributed by atoms with Crippen molar-refractivity contribution >= 4 is 15.9 Å². The number of nitrogens with one attached hydrogen (secondary N) is 1. The monoisotopic (exact) mass is 363 g/mol. The normalized spacial score (nSPS) is 18.4. The molecule has 0 aliphatic carbocycles. The summed E-state index contributed by atoms with van der Waals surface area (Å²) in [5.74, 6) is -0.502. The fourth-order valence-corrected chi connectivity index (χ4v) is 3.51. The number of amides is 1. The molecule has 25 heavy (non-hydrogen) atoms. The van der Waals surface area contributed by atoms with E-state index in [9.17, 15) is 13.2 Å². The van der Waals surface area contributed by atoms with E-state index < -0.39 is 21.0 Å². The largest absolute Gasteiger partial charge is 0.438 e. The lowest BCUT2D eigenvalue weighted by atomic mass is 10.2. The summed E-state index contributed by atoms with van der Waals surface area (Å²) < 4.78 is 27.4. The third-order valence-electron chi connectivity index (χ3n) is 4.31. The maximum atomic E-state index is 12.1. The minimum atomic E-state index is -3.94. The fraction of sp³-hybridized carbons (Fsp3) is 0.353. The molecule has 0 spiro atoms. The van der Waals surface area contributed by atoms with E-state index in [0.29, 0.717) is 6.54 Å². The number of carbonyl (C=O) groups is 1. The molecule has 8 heteroatoms. The lowest BCUT2D eigenvalue weighted by Crippen LogP contribution is -2.39. The number of rotatable bonds is 6. The lowest BCUT2D eigenvalue weighted by Gasteiger charge is -2.24.